The number of carbonyl (C=O) groups excluding carboxylic acids is 1. The average Bonchev–Trinajstić information content (AvgIpc) is 2.77. The third kappa shape index (κ3) is 5.20. The van der Waals surface area contributed by atoms with Crippen LogP contribution in [0.2, 0.25) is 13.1 Å². The molecule has 0 spiro atoms. The van der Waals surface area contributed by atoms with Crippen molar-refractivity contribution in [1.82, 2.24) is 4.90 Å². The minimum atomic E-state index is -0.956. The largest absolute Gasteiger partial charge is 0.542 e. The maximum absolute atomic E-state index is 12.9. The minimum absolute atomic E-state index is 0.0312. The maximum Gasteiger partial charge on any atom is 0.274 e. The molecule has 2 aromatic carbocycles. The first-order valence-electron chi connectivity index (χ1n) is 12.3. The first kappa shape index (κ1) is 24.0. The number of aliphatic hydroxyl groups is 1. The highest BCUT2D eigenvalue weighted by molar-refractivity contribution is 6.49. The predicted molar refractivity (Wildman–Crippen MR) is 135 cm³/mol. The van der Waals surface area contributed by atoms with Gasteiger partial charge in [-0.15, -0.1) is 0 Å². The van der Waals surface area contributed by atoms with Crippen molar-refractivity contribution in [3.8, 4) is 5.75 Å². The molecule has 2 fully saturated rings. The van der Waals surface area contributed by atoms with E-state index in [4.69, 9.17) is 4.43 Å². The number of benzene rings is 2. The predicted octanol–water partition coefficient (Wildman–Crippen LogP) is 5.76. The number of rotatable bonds is 4. The third-order valence-electron chi connectivity index (χ3n) is 7.39. The Balaban J connectivity index is 1.52. The van der Waals surface area contributed by atoms with E-state index in [0.29, 0.717) is 18.3 Å². The Kier molecular flexibility index (Phi) is 6.74. The summed E-state index contributed by atoms with van der Waals surface area (Å²) in [6, 6.07) is 16.0. The molecule has 5 heteroatoms. The second kappa shape index (κ2) is 9.26. The van der Waals surface area contributed by atoms with E-state index in [1.807, 2.05) is 35.2 Å². The van der Waals surface area contributed by atoms with Gasteiger partial charge in [0.2, 0.25) is 0 Å². The normalized spacial score (nSPS) is 25.6. The van der Waals surface area contributed by atoms with Crippen molar-refractivity contribution in [2.24, 2.45) is 11.8 Å². The van der Waals surface area contributed by atoms with Crippen molar-refractivity contribution in [2.75, 3.05) is 13.1 Å². The van der Waals surface area contributed by atoms with Gasteiger partial charge in [-0.3, -0.25) is 4.79 Å². The summed E-state index contributed by atoms with van der Waals surface area (Å²) in [7, 11) is -0.956. The fourth-order valence-electron chi connectivity index (χ4n) is 5.51. The lowest BCUT2D eigenvalue weighted by Gasteiger charge is -2.47. The molecule has 3 atom stereocenters. The topological polar surface area (TPSA) is 49.8 Å². The van der Waals surface area contributed by atoms with Gasteiger partial charge in [0.15, 0.2) is 0 Å². The fraction of sp³-hybridized carbons (Fsp3) is 0.536. The zero-order chi connectivity index (χ0) is 23.8. The van der Waals surface area contributed by atoms with Gasteiger partial charge >= 0.3 is 0 Å². The molecular formula is C28H38NO3Si. The molecular weight excluding hydrogens is 426 g/mol. The SMILES string of the molecule is C[Si](C)Oc1cc(C(C)(C)C)ccc1C1(O)CC[C@H]2CN(C(=O)c3ccccc3)CC[C@@H]2C1. The minimum Gasteiger partial charge on any atom is -0.542 e. The highest BCUT2D eigenvalue weighted by atomic mass is 28.3. The van der Waals surface area contributed by atoms with Gasteiger partial charge in [0.25, 0.3) is 14.9 Å². The van der Waals surface area contributed by atoms with Crippen molar-refractivity contribution in [2.45, 2.75) is 70.6 Å². The monoisotopic (exact) mass is 464 g/mol. The molecule has 1 aliphatic heterocycles. The summed E-state index contributed by atoms with van der Waals surface area (Å²) in [6.45, 7) is 12.4. The van der Waals surface area contributed by atoms with Gasteiger partial charge in [0.05, 0.1) is 5.60 Å². The third-order valence-corrected chi connectivity index (χ3v) is 8.02. The van der Waals surface area contributed by atoms with Crippen LogP contribution < -0.4 is 4.43 Å². The summed E-state index contributed by atoms with van der Waals surface area (Å²) in [6.07, 6.45) is 3.32. The van der Waals surface area contributed by atoms with Crippen LogP contribution in [0.15, 0.2) is 48.5 Å². The first-order valence-corrected chi connectivity index (χ1v) is 14.7. The molecule has 1 N–H and O–H groups in total. The number of hydrogen-bond acceptors (Lipinski definition) is 3. The lowest BCUT2D eigenvalue weighted by atomic mass is 9.66. The smallest absolute Gasteiger partial charge is 0.274 e. The van der Waals surface area contributed by atoms with Crippen LogP contribution in [0.25, 0.3) is 0 Å². The molecule has 1 unspecified atom stereocenters. The lowest BCUT2D eigenvalue weighted by Crippen LogP contribution is -2.48. The molecule has 0 bridgehead atoms. The van der Waals surface area contributed by atoms with Gasteiger partial charge in [-0.2, -0.15) is 0 Å². The Bertz CT molecular complexity index is 984. The quantitative estimate of drug-likeness (QED) is 0.585. The molecule has 33 heavy (non-hydrogen) atoms. The molecule has 1 saturated heterocycles. The first-order chi connectivity index (χ1) is 15.6. The van der Waals surface area contributed by atoms with E-state index in [1.54, 1.807) is 0 Å². The van der Waals surface area contributed by atoms with Crippen molar-refractivity contribution < 1.29 is 14.3 Å². The molecule has 0 aromatic heterocycles. The number of amides is 1. The molecule has 4 rings (SSSR count). The van der Waals surface area contributed by atoms with E-state index in [-0.39, 0.29) is 11.3 Å². The van der Waals surface area contributed by atoms with Crippen LogP contribution in [0.1, 0.15) is 67.9 Å². The fourth-order valence-corrected chi connectivity index (χ4v) is 6.12. The second-order valence-corrected chi connectivity index (χ2v) is 13.2. The zero-order valence-corrected chi connectivity index (χ0v) is 21.7. The van der Waals surface area contributed by atoms with Crippen molar-refractivity contribution in [3.63, 3.8) is 0 Å². The molecule has 2 aliphatic rings. The van der Waals surface area contributed by atoms with E-state index in [2.05, 4.69) is 52.1 Å². The number of likely N-dealkylation sites (tertiary alicyclic amines) is 1. The summed E-state index contributed by atoms with van der Waals surface area (Å²) < 4.78 is 6.32. The standard InChI is InChI=1S/C28H38NO3Si/c1-27(2,3)23-11-12-24(25(17-23)32-33(4)5)28(31)15-13-22-19-29(16-14-21(22)18-28)26(30)20-9-7-6-8-10-20/h6-12,17,21-22,31H,13-16,18-19H2,1-5H3/t21-,22+,28?/m1/s1. The summed E-state index contributed by atoms with van der Waals surface area (Å²) >= 11 is 0. The van der Waals surface area contributed by atoms with Crippen LogP contribution in [0.5, 0.6) is 5.75 Å². The number of hydrogen-bond donors (Lipinski definition) is 1. The van der Waals surface area contributed by atoms with Gasteiger partial charge in [0.1, 0.15) is 5.75 Å². The molecule has 1 amide bonds. The van der Waals surface area contributed by atoms with Crippen molar-refractivity contribution >= 4 is 14.9 Å². The van der Waals surface area contributed by atoms with Crippen LogP contribution in [0.4, 0.5) is 0 Å². The summed E-state index contributed by atoms with van der Waals surface area (Å²) in [5.74, 6) is 1.86. The van der Waals surface area contributed by atoms with E-state index in [0.717, 1.165) is 49.2 Å². The van der Waals surface area contributed by atoms with Gasteiger partial charge in [-0.1, -0.05) is 51.1 Å². The molecule has 1 radical (unpaired) electrons. The van der Waals surface area contributed by atoms with Crippen LogP contribution in [0.3, 0.4) is 0 Å². The number of carbonyl (C=O) groups is 1. The van der Waals surface area contributed by atoms with Gasteiger partial charge < -0.3 is 14.4 Å². The molecule has 1 heterocycles. The molecule has 4 nitrogen and oxygen atoms in total. The van der Waals surface area contributed by atoms with Crippen LogP contribution >= 0.6 is 0 Å². The highest BCUT2D eigenvalue weighted by Gasteiger charge is 2.44. The maximum atomic E-state index is 12.9. The Morgan fingerprint density at radius 2 is 1.82 bits per heavy atom. The van der Waals surface area contributed by atoms with E-state index >= 15 is 0 Å². The van der Waals surface area contributed by atoms with Gasteiger partial charge in [0, 0.05) is 24.2 Å². The molecule has 1 saturated carbocycles. The van der Waals surface area contributed by atoms with Crippen molar-refractivity contribution in [3.05, 3.63) is 65.2 Å². The van der Waals surface area contributed by atoms with Gasteiger partial charge in [-0.05, 0) is 79.8 Å². The van der Waals surface area contributed by atoms with Crippen LogP contribution in [0, 0.1) is 11.8 Å². The lowest BCUT2D eigenvalue weighted by molar-refractivity contribution is -0.0582. The number of nitrogens with zero attached hydrogens (tertiary/aromatic N) is 1. The van der Waals surface area contributed by atoms with E-state index < -0.39 is 14.6 Å². The van der Waals surface area contributed by atoms with Crippen LogP contribution in [-0.2, 0) is 11.0 Å². The summed E-state index contributed by atoms with van der Waals surface area (Å²) in [4.78, 5) is 15.0. The number of fused-ring (bicyclic) bond motifs is 1. The summed E-state index contributed by atoms with van der Waals surface area (Å²) in [5.41, 5.74) is 2.11. The zero-order valence-electron chi connectivity index (χ0n) is 20.7. The molecule has 1 aliphatic carbocycles. The average molecular weight is 465 g/mol. The Morgan fingerprint density at radius 3 is 2.48 bits per heavy atom. The molecule has 177 valence electrons. The Labute approximate surface area is 200 Å². The van der Waals surface area contributed by atoms with E-state index in [1.165, 1.54) is 5.56 Å². The van der Waals surface area contributed by atoms with E-state index in [9.17, 15) is 9.90 Å². The van der Waals surface area contributed by atoms with Gasteiger partial charge in [-0.25, -0.2) is 0 Å². The van der Waals surface area contributed by atoms with Crippen molar-refractivity contribution in [1.29, 1.82) is 0 Å². The second-order valence-electron chi connectivity index (χ2n) is 11.2. The Hall–Kier alpha value is -2.11. The highest BCUT2D eigenvalue weighted by Crippen LogP contribution is 2.48. The number of piperidine rings is 1. The summed E-state index contributed by atoms with van der Waals surface area (Å²) in [5, 5.41) is 11.9. The van der Waals surface area contributed by atoms with Crippen LogP contribution in [-0.4, -0.2) is 38.0 Å². The Morgan fingerprint density at radius 1 is 1.09 bits per heavy atom. The molecule has 2 aromatic rings.